The molecule has 4 nitrogen and oxygen atoms in total. The number of hydrogen-bond donors (Lipinski definition) is 1. The molecule has 2 saturated heterocycles. The van der Waals surface area contributed by atoms with Crippen molar-refractivity contribution >= 4 is 5.95 Å². The van der Waals surface area contributed by atoms with Crippen molar-refractivity contribution in [2.45, 2.75) is 39.8 Å². The van der Waals surface area contributed by atoms with E-state index in [1.807, 2.05) is 0 Å². The van der Waals surface area contributed by atoms with Gasteiger partial charge < -0.3 is 14.8 Å². The molecule has 0 radical (unpaired) electrons. The van der Waals surface area contributed by atoms with E-state index in [0.29, 0.717) is 12.0 Å². The molecule has 1 aromatic heterocycles. The number of aryl methyl sites for hydroxylation is 1. The highest BCUT2D eigenvalue weighted by molar-refractivity contribution is 5.38. The number of nitrogens with one attached hydrogen (secondary N) is 1. The number of fused-ring (bicyclic) bond motifs is 1. The van der Waals surface area contributed by atoms with Crippen LogP contribution in [-0.2, 0) is 6.54 Å². The van der Waals surface area contributed by atoms with Gasteiger partial charge in [0.15, 0.2) is 0 Å². The van der Waals surface area contributed by atoms with Gasteiger partial charge in [0.1, 0.15) is 0 Å². The Hall–Kier alpha value is -1.03. The van der Waals surface area contributed by atoms with E-state index in [1.165, 1.54) is 25.5 Å². The van der Waals surface area contributed by atoms with E-state index in [-0.39, 0.29) is 0 Å². The molecule has 0 unspecified atom stereocenters. The van der Waals surface area contributed by atoms with Crippen LogP contribution in [0.3, 0.4) is 0 Å². The zero-order valence-electron chi connectivity index (χ0n) is 11.7. The van der Waals surface area contributed by atoms with Crippen molar-refractivity contribution < 1.29 is 0 Å². The molecule has 0 saturated carbocycles. The first-order valence-corrected chi connectivity index (χ1v) is 7.16. The van der Waals surface area contributed by atoms with Crippen LogP contribution in [0.1, 0.15) is 26.0 Å². The minimum absolute atomic E-state index is 0.664. The Morgan fingerprint density at radius 3 is 3.06 bits per heavy atom. The van der Waals surface area contributed by atoms with Crippen LogP contribution in [-0.4, -0.2) is 35.2 Å². The van der Waals surface area contributed by atoms with Gasteiger partial charge in [0, 0.05) is 38.4 Å². The van der Waals surface area contributed by atoms with Gasteiger partial charge in [-0.25, -0.2) is 4.98 Å². The lowest BCUT2D eigenvalue weighted by Gasteiger charge is -2.25. The van der Waals surface area contributed by atoms with E-state index in [0.717, 1.165) is 24.7 Å². The fourth-order valence-electron chi connectivity index (χ4n) is 3.39. The molecule has 0 aliphatic carbocycles. The minimum Gasteiger partial charge on any atom is -0.338 e. The van der Waals surface area contributed by atoms with E-state index in [9.17, 15) is 0 Å². The first-order valence-electron chi connectivity index (χ1n) is 7.16. The van der Waals surface area contributed by atoms with Crippen LogP contribution in [0.15, 0.2) is 6.20 Å². The van der Waals surface area contributed by atoms with Crippen molar-refractivity contribution in [2.75, 3.05) is 24.5 Å². The molecule has 2 atom stereocenters. The van der Waals surface area contributed by atoms with Crippen molar-refractivity contribution in [1.29, 1.82) is 0 Å². The van der Waals surface area contributed by atoms with E-state index in [2.05, 4.69) is 41.8 Å². The summed E-state index contributed by atoms with van der Waals surface area (Å²) in [6, 6.07) is 0.665. The van der Waals surface area contributed by atoms with Gasteiger partial charge in [-0.15, -0.1) is 0 Å². The number of aromatic nitrogens is 2. The third-order valence-corrected chi connectivity index (χ3v) is 4.14. The average Bonchev–Trinajstić information content (AvgIpc) is 2.92. The van der Waals surface area contributed by atoms with Crippen molar-refractivity contribution in [1.82, 2.24) is 14.9 Å². The van der Waals surface area contributed by atoms with Gasteiger partial charge in [-0.3, -0.25) is 0 Å². The molecule has 4 heteroatoms. The SMILES string of the molecule is Cc1cn(CC(C)C)c(N2CC[C@H]3CNC[C@H]32)n1. The Bertz CT molecular complexity index is 423. The number of hydrogen-bond acceptors (Lipinski definition) is 3. The molecule has 0 bridgehead atoms. The second-order valence-corrected chi connectivity index (χ2v) is 6.20. The average molecular weight is 248 g/mol. The molecule has 100 valence electrons. The first-order chi connectivity index (χ1) is 8.65. The third-order valence-electron chi connectivity index (χ3n) is 4.14. The first kappa shape index (κ1) is 12.0. The maximum absolute atomic E-state index is 4.77. The zero-order valence-corrected chi connectivity index (χ0v) is 11.7. The van der Waals surface area contributed by atoms with Crippen LogP contribution in [0, 0.1) is 18.8 Å². The largest absolute Gasteiger partial charge is 0.338 e. The molecule has 2 fully saturated rings. The highest BCUT2D eigenvalue weighted by Gasteiger charge is 2.39. The maximum atomic E-state index is 4.77. The van der Waals surface area contributed by atoms with Crippen LogP contribution in [0.25, 0.3) is 0 Å². The van der Waals surface area contributed by atoms with E-state index in [1.54, 1.807) is 0 Å². The number of rotatable bonds is 3. The van der Waals surface area contributed by atoms with Gasteiger partial charge in [-0.05, 0) is 25.2 Å². The fourth-order valence-corrected chi connectivity index (χ4v) is 3.39. The Morgan fingerprint density at radius 1 is 1.44 bits per heavy atom. The number of nitrogens with zero attached hydrogens (tertiary/aromatic N) is 3. The molecule has 0 amide bonds. The molecule has 1 aromatic rings. The summed E-state index contributed by atoms with van der Waals surface area (Å²) in [5.74, 6) is 2.68. The summed E-state index contributed by atoms with van der Waals surface area (Å²) in [4.78, 5) is 7.30. The molecular formula is C14H24N4. The number of anilines is 1. The summed E-state index contributed by atoms with van der Waals surface area (Å²) < 4.78 is 2.35. The molecule has 2 aliphatic heterocycles. The van der Waals surface area contributed by atoms with Crippen molar-refractivity contribution in [3.05, 3.63) is 11.9 Å². The summed E-state index contributed by atoms with van der Waals surface area (Å²) in [5, 5.41) is 3.51. The predicted octanol–water partition coefficient (Wildman–Crippen LogP) is 1.65. The van der Waals surface area contributed by atoms with E-state index in [4.69, 9.17) is 4.98 Å². The van der Waals surface area contributed by atoms with Crippen molar-refractivity contribution in [2.24, 2.45) is 11.8 Å². The second-order valence-electron chi connectivity index (χ2n) is 6.20. The number of imidazole rings is 1. The lowest BCUT2D eigenvalue weighted by Crippen LogP contribution is -2.36. The summed E-state index contributed by atoms with van der Waals surface area (Å²) in [6.45, 7) is 11.2. The molecule has 3 rings (SSSR count). The Morgan fingerprint density at radius 2 is 2.28 bits per heavy atom. The van der Waals surface area contributed by atoms with E-state index >= 15 is 0 Å². The van der Waals surface area contributed by atoms with Crippen LogP contribution in [0.5, 0.6) is 0 Å². The lowest BCUT2D eigenvalue weighted by atomic mass is 10.1. The summed E-state index contributed by atoms with van der Waals surface area (Å²) in [7, 11) is 0. The monoisotopic (exact) mass is 248 g/mol. The normalized spacial score (nSPS) is 27.2. The standard InChI is InChI=1S/C14H24N4/c1-10(2)8-17-9-11(3)16-14(17)18-5-4-12-6-15-7-13(12)18/h9-10,12-13,15H,4-8H2,1-3H3/t12-,13+/m0/s1. The Labute approximate surface area is 109 Å². The zero-order chi connectivity index (χ0) is 12.7. The minimum atomic E-state index is 0.664. The molecule has 18 heavy (non-hydrogen) atoms. The molecule has 3 heterocycles. The van der Waals surface area contributed by atoms with Crippen molar-refractivity contribution in [3.63, 3.8) is 0 Å². The van der Waals surface area contributed by atoms with Gasteiger partial charge in [0.25, 0.3) is 0 Å². The molecule has 0 aromatic carbocycles. The maximum Gasteiger partial charge on any atom is 0.206 e. The molecule has 0 spiro atoms. The highest BCUT2D eigenvalue weighted by atomic mass is 15.4. The third kappa shape index (κ3) is 2.03. The molecular weight excluding hydrogens is 224 g/mol. The second kappa shape index (κ2) is 4.57. The van der Waals surface area contributed by atoms with Gasteiger partial charge in [-0.1, -0.05) is 13.8 Å². The van der Waals surface area contributed by atoms with Crippen LogP contribution >= 0.6 is 0 Å². The Kier molecular flexibility index (Phi) is 3.06. The van der Waals surface area contributed by atoms with Crippen LogP contribution in [0.4, 0.5) is 5.95 Å². The van der Waals surface area contributed by atoms with Gasteiger partial charge in [0.2, 0.25) is 5.95 Å². The van der Waals surface area contributed by atoms with Crippen molar-refractivity contribution in [3.8, 4) is 0 Å². The van der Waals surface area contributed by atoms with Gasteiger partial charge >= 0.3 is 0 Å². The topological polar surface area (TPSA) is 33.1 Å². The quantitative estimate of drug-likeness (QED) is 0.883. The summed E-state index contributed by atoms with van der Waals surface area (Å²) in [6.07, 6.45) is 3.51. The smallest absolute Gasteiger partial charge is 0.206 e. The van der Waals surface area contributed by atoms with Crippen LogP contribution < -0.4 is 10.2 Å². The highest BCUT2D eigenvalue weighted by Crippen LogP contribution is 2.31. The van der Waals surface area contributed by atoms with E-state index < -0.39 is 0 Å². The molecule has 1 N–H and O–H groups in total. The lowest BCUT2D eigenvalue weighted by molar-refractivity contribution is 0.512. The van der Waals surface area contributed by atoms with Gasteiger partial charge in [0.05, 0.1) is 5.69 Å². The molecule has 2 aliphatic rings. The summed E-state index contributed by atoms with van der Waals surface area (Å²) >= 11 is 0. The predicted molar refractivity (Wildman–Crippen MR) is 73.9 cm³/mol. The summed E-state index contributed by atoms with van der Waals surface area (Å²) in [5.41, 5.74) is 1.14. The van der Waals surface area contributed by atoms with Gasteiger partial charge in [-0.2, -0.15) is 0 Å². The fraction of sp³-hybridized carbons (Fsp3) is 0.786. The van der Waals surface area contributed by atoms with Crippen LogP contribution in [0.2, 0.25) is 0 Å². The Balaban J connectivity index is 1.87.